The van der Waals surface area contributed by atoms with Gasteiger partial charge in [-0.25, -0.2) is 0 Å². The molecule has 2 rings (SSSR count). The molecule has 4 nitrogen and oxygen atoms in total. The maximum Gasteiger partial charge on any atom is 0.251 e. The molecule has 0 aliphatic heterocycles. The van der Waals surface area contributed by atoms with Crippen molar-refractivity contribution in [3.05, 3.63) is 64.2 Å². The van der Waals surface area contributed by atoms with Gasteiger partial charge in [-0.05, 0) is 48.7 Å². The zero-order chi connectivity index (χ0) is 19.1. The Hall–Kier alpha value is -2.04. The van der Waals surface area contributed by atoms with Gasteiger partial charge in [-0.3, -0.25) is 4.79 Å². The van der Waals surface area contributed by atoms with Gasteiger partial charge in [-0.2, -0.15) is 0 Å². The summed E-state index contributed by atoms with van der Waals surface area (Å²) in [5.74, 6) is 1.03. The Morgan fingerprint density at radius 1 is 1.12 bits per heavy atom. The maximum absolute atomic E-state index is 12.6. The molecule has 26 heavy (non-hydrogen) atoms. The second-order valence-electron chi connectivity index (χ2n) is 6.68. The Balaban J connectivity index is 2.08. The first-order valence-corrected chi connectivity index (χ1v) is 9.09. The summed E-state index contributed by atoms with van der Waals surface area (Å²) in [6, 6.07) is 12.7. The molecule has 140 valence electrons. The quantitative estimate of drug-likeness (QED) is 0.705. The molecule has 0 bridgehead atoms. The van der Waals surface area contributed by atoms with E-state index in [4.69, 9.17) is 21.1 Å². The van der Waals surface area contributed by atoms with Gasteiger partial charge in [-0.15, -0.1) is 0 Å². The zero-order valence-corrected chi connectivity index (χ0v) is 16.5. The van der Waals surface area contributed by atoms with Crippen LogP contribution in [0.3, 0.4) is 0 Å². The van der Waals surface area contributed by atoms with Crippen LogP contribution in [0.15, 0.2) is 42.5 Å². The van der Waals surface area contributed by atoms with E-state index in [0.717, 1.165) is 16.9 Å². The summed E-state index contributed by atoms with van der Waals surface area (Å²) in [6.07, 6.45) is 0. The molecule has 0 saturated heterocycles. The van der Waals surface area contributed by atoms with Crippen LogP contribution in [0.4, 0.5) is 0 Å². The van der Waals surface area contributed by atoms with Gasteiger partial charge in [0.15, 0.2) is 0 Å². The Kier molecular flexibility index (Phi) is 7.49. The second kappa shape index (κ2) is 9.60. The van der Waals surface area contributed by atoms with Gasteiger partial charge in [0, 0.05) is 22.8 Å². The first-order valence-electron chi connectivity index (χ1n) is 8.71. The highest BCUT2D eigenvalue weighted by Crippen LogP contribution is 2.22. The third-order valence-corrected chi connectivity index (χ3v) is 4.22. The first kappa shape index (κ1) is 20.3. The summed E-state index contributed by atoms with van der Waals surface area (Å²) in [5, 5.41) is 3.68. The number of methoxy groups -OCH3 is 1. The summed E-state index contributed by atoms with van der Waals surface area (Å²) < 4.78 is 11.1. The van der Waals surface area contributed by atoms with E-state index in [-0.39, 0.29) is 11.9 Å². The van der Waals surface area contributed by atoms with Crippen LogP contribution in [0.25, 0.3) is 0 Å². The molecule has 5 heteroatoms. The summed E-state index contributed by atoms with van der Waals surface area (Å²) in [6.45, 7) is 7.21. The lowest BCUT2D eigenvalue weighted by Gasteiger charge is -2.16. The molecule has 1 N–H and O–H groups in total. The van der Waals surface area contributed by atoms with E-state index in [2.05, 4.69) is 19.2 Å². The predicted octanol–water partition coefficient (Wildman–Crippen LogP) is 5.01. The van der Waals surface area contributed by atoms with Crippen LogP contribution in [0.2, 0.25) is 5.02 Å². The van der Waals surface area contributed by atoms with Crippen LogP contribution >= 0.6 is 11.6 Å². The molecule has 0 aliphatic rings. The molecule has 0 spiro atoms. The van der Waals surface area contributed by atoms with Gasteiger partial charge in [0.1, 0.15) is 5.75 Å². The number of benzene rings is 2. The number of amides is 1. The number of halogens is 1. The number of ether oxygens (including phenoxy) is 2. The molecular formula is C21H26ClNO3. The average molecular weight is 376 g/mol. The van der Waals surface area contributed by atoms with Gasteiger partial charge in [0.2, 0.25) is 0 Å². The van der Waals surface area contributed by atoms with Crippen molar-refractivity contribution < 1.29 is 14.3 Å². The van der Waals surface area contributed by atoms with Crippen molar-refractivity contribution in [2.24, 2.45) is 5.92 Å². The lowest BCUT2D eigenvalue weighted by Crippen LogP contribution is -2.26. The molecule has 0 radical (unpaired) electrons. The minimum atomic E-state index is -0.139. The van der Waals surface area contributed by atoms with Crippen molar-refractivity contribution in [3.63, 3.8) is 0 Å². The summed E-state index contributed by atoms with van der Waals surface area (Å²) in [5.41, 5.74) is 2.44. The monoisotopic (exact) mass is 375 g/mol. The summed E-state index contributed by atoms with van der Waals surface area (Å²) >= 11 is 5.91. The number of hydrogen-bond acceptors (Lipinski definition) is 3. The van der Waals surface area contributed by atoms with Crippen LogP contribution in [0.1, 0.15) is 48.3 Å². The smallest absolute Gasteiger partial charge is 0.251 e. The average Bonchev–Trinajstić information content (AvgIpc) is 2.61. The summed E-state index contributed by atoms with van der Waals surface area (Å²) in [7, 11) is 1.61. The van der Waals surface area contributed by atoms with E-state index in [1.807, 2.05) is 37.3 Å². The Labute approximate surface area is 160 Å². The van der Waals surface area contributed by atoms with Crippen molar-refractivity contribution in [1.82, 2.24) is 5.32 Å². The fourth-order valence-corrected chi connectivity index (χ4v) is 2.68. The molecule has 0 aromatic heterocycles. The normalized spacial score (nSPS) is 12.1. The van der Waals surface area contributed by atoms with Gasteiger partial charge in [0.05, 0.1) is 19.8 Å². The van der Waals surface area contributed by atoms with Crippen molar-refractivity contribution >= 4 is 17.5 Å². The molecular weight excluding hydrogens is 350 g/mol. The fraction of sp³-hybridized carbons (Fsp3) is 0.381. The Morgan fingerprint density at radius 3 is 2.42 bits per heavy atom. The lowest BCUT2D eigenvalue weighted by atomic mass is 10.1. The maximum atomic E-state index is 12.6. The molecule has 0 aliphatic carbocycles. The minimum absolute atomic E-state index is 0.123. The number of carbonyl (C=O) groups is 1. The molecule has 0 heterocycles. The molecule has 0 fully saturated rings. The highest BCUT2D eigenvalue weighted by atomic mass is 35.5. The number of nitrogens with one attached hydrogen (secondary N) is 1. The number of hydrogen-bond donors (Lipinski definition) is 1. The van der Waals surface area contributed by atoms with Crippen LogP contribution in [-0.4, -0.2) is 19.6 Å². The molecule has 1 amide bonds. The molecule has 2 aromatic carbocycles. The van der Waals surface area contributed by atoms with Gasteiger partial charge < -0.3 is 14.8 Å². The SMILES string of the molecule is COc1ccc(C(=O)NC(C)c2ccc(Cl)cc2)cc1COCC(C)C. The second-order valence-corrected chi connectivity index (χ2v) is 7.12. The third-order valence-electron chi connectivity index (χ3n) is 3.97. The number of carbonyl (C=O) groups excluding carboxylic acids is 1. The van der Waals surface area contributed by atoms with E-state index in [1.165, 1.54) is 0 Å². The van der Waals surface area contributed by atoms with Crippen LogP contribution in [0.5, 0.6) is 5.75 Å². The predicted molar refractivity (Wildman–Crippen MR) is 105 cm³/mol. The summed E-state index contributed by atoms with van der Waals surface area (Å²) in [4.78, 5) is 12.6. The standard InChI is InChI=1S/C21H26ClNO3/c1-14(2)12-26-13-18-11-17(7-10-20(18)25-4)21(24)23-15(3)16-5-8-19(22)9-6-16/h5-11,14-15H,12-13H2,1-4H3,(H,23,24). The molecule has 1 atom stereocenters. The van der Waals surface area contributed by atoms with Crippen molar-refractivity contribution in [2.75, 3.05) is 13.7 Å². The van der Waals surface area contributed by atoms with Crippen LogP contribution < -0.4 is 10.1 Å². The van der Waals surface area contributed by atoms with Gasteiger partial charge >= 0.3 is 0 Å². The van der Waals surface area contributed by atoms with Gasteiger partial charge in [-0.1, -0.05) is 37.6 Å². The lowest BCUT2D eigenvalue weighted by molar-refractivity contribution is 0.0930. The van der Waals surface area contributed by atoms with E-state index in [9.17, 15) is 4.79 Å². The zero-order valence-electron chi connectivity index (χ0n) is 15.7. The van der Waals surface area contributed by atoms with E-state index >= 15 is 0 Å². The van der Waals surface area contributed by atoms with E-state index < -0.39 is 0 Å². The molecule has 2 aromatic rings. The Morgan fingerprint density at radius 2 is 1.81 bits per heavy atom. The molecule has 1 unspecified atom stereocenters. The number of rotatable bonds is 8. The van der Waals surface area contributed by atoms with Crippen LogP contribution in [0, 0.1) is 5.92 Å². The van der Waals surface area contributed by atoms with Crippen molar-refractivity contribution in [2.45, 2.75) is 33.4 Å². The van der Waals surface area contributed by atoms with Gasteiger partial charge in [0.25, 0.3) is 5.91 Å². The van der Waals surface area contributed by atoms with Crippen molar-refractivity contribution in [3.8, 4) is 5.75 Å². The third kappa shape index (κ3) is 5.75. The molecule has 0 saturated carbocycles. The van der Waals surface area contributed by atoms with Crippen molar-refractivity contribution in [1.29, 1.82) is 0 Å². The Bertz CT molecular complexity index is 729. The highest BCUT2D eigenvalue weighted by Gasteiger charge is 2.14. The topological polar surface area (TPSA) is 47.6 Å². The first-order chi connectivity index (χ1) is 12.4. The minimum Gasteiger partial charge on any atom is -0.496 e. The van der Waals surface area contributed by atoms with E-state index in [1.54, 1.807) is 19.2 Å². The van der Waals surface area contributed by atoms with Crippen LogP contribution in [-0.2, 0) is 11.3 Å². The highest BCUT2D eigenvalue weighted by molar-refractivity contribution is 6.30. The fourth-order valence-electron chi connectivity index (χ4n) is 2.55. The largest absolute Gasteiger partial charge is 0.496 e. The van der Waals surface area contributed by atoms with E-state index in [0.29, 0.717) is 29.7 Å².